The van der Waals surface area contributed by atoms with Gasteiger partial charge in [-0.25, -0.2) is 4.68 Å². The van der Waals surface area contributed by atoms with Crippen LogP contribution < -0.4 is 5.73 Å². The van der Waals surface area contributed by atoms with Crippen LogP contribution in [0.15, 0.2) is 0 Å². The predicted octanol–water partition coefficient (Wildman–Crippen LogP) is 1.55. The smallest absolute Gasteiger partial charge is 0.0997 e. The molecule has 22 heavy (non-hydrogen) atoms. The summed E-state index contributed by atoms with van der Waals surface area (Å²) in [6.07, 6.45) is 7.93. The van der Waals surface area contributed by atoms with Crippen LogP contribution in [0.2, 0.25) is 0 Å². The summed E-state index contributed by atoms with van der Waals surface area (Å²) in [6.45, 7) is 2.64. The number of nitrogens with zero attached hydrogens (tertiary/aromatic N) is 3. The van der Waals surface area contributed by atoms with Gasteiger partial charge in [-0.15, -0.1) is 5.10 Å². The average Bonchev–Trinajstić information content (AvgIpc) is 2.95. The lowest BCUT2D eigenvalue weighted by Crippen LogP contribution is -2.25. The van der Waals surface area contributed by atoms with Gasteiger partial charge in [0.1, 0.15) is 0 Å². The second-order valence-electron chi connectivity index (χ2n) is 6.50. The van der Waals surface area contributed by atoms with Crippen LogP contribution in [0.4, 0.5) is 0 Å². The molecule has 0 bridgehead atoms. The first-order valence-corrected chi connectivity index (χ1v) is 8.60. The summed E-state index contributed by atoms with van der Waals surface area (Å²) in [7, 11) is 0. The van der Waals surface area contributed by atoms with Crippen LogP contribution in [0.1, 0.15) is 69.2 Å². The fourth-order valence-corrected chi connectivity index (χ4v) is 3.56. The van der Waals surface area contributed by atoms with Crippen LogP contribution in [0.5, 0.6) is 0 Å². The van der Waals surface area contributed by atoms with Gasteiger partial charge in [0.15, 0.2) is 0 Å². The van der Waals surface area contributed by atoms with Crippen molar-refractivity contribution in [2.75, 3.05) is 6.61 Å². The molecule has 0 aromatic carbocycles. The number of rotatable bonds is 8. The van der Waals surface area contributed by atoms with Gasteiger partial charge in [-0.05, 0) is 31.6 Å². The Hall–Kier alpha value is -0.980. The molecule has 0 aliphatic heterocycles. The van der Waals surface area contributed by atoms with E-state index in [1.807, 2.05) is 0 Å². The standard InChI is InChI=1S/C16H30N4O2/c1-2-3-4-12-5-7-13(8-6-12)16-15(9-17)18-19-20(16)10-14(22)11-21/h12-14,21-22H,2-11,17H2,1H3. The zero-order chi connectivity index (χ0) is 15.9. The van der Waals surface area contributed by atoms with Crippen LogP contribution in [0.3, 0.4) is 0 Å². The highest BCUT2D eigenvalue weighted by molar-refractivity contribution is 5.16. The number of aromatic nitrogens is 3. The van der Waals surface area contributed by atoms with Crippen LogP contribution in [0.25, 0.3) is 0 Å². The zero-order valence-electron chi connectivity index (χ0n) is 13.6. The lowest BCUT2D eigenvalue weighted by molar-refractivity contribution is 0.0764. The lowest BCUT2D eigenvalue weighted by Gasteiger charge is -2.29. The summed E-state index contributed by atoms with van der Waals surface area (Å²) < 4.78 is 1.75. The monoisotopic (exact) mass is 310 g/mol. The Labute approximate surface area is 132 Å². The molecule has 1 aliphatic carbocycles. The first-order valence-electron chi connectivity index (χ1n) is 8.60. The van der Waals surface area contributed by atoms with Gasteiger partial charge >= 0.3 is 0 Å². The van der Waals surface area contributed by atoms with Gasteiger partial charge in [0.25, 0.3) is 0 Å². The molecule has 0 spiro atoms. The molecular formula is C16H30N4O2. The molecule has 0 saturated heterocycles. The van der Waals surface area contributed by atoms with Gasteiger partial charge in [-0.3, -0.25) is 0 Å². The van der Waals surface area contributed by atoms with E-state index in [1.165, 1.54) is 32.1 Å². The maximum absolute atomic E-state index is 9.69. The maximum Gasteiger partial charge on any atom is 0.0997 e. The quantitative estimate of drug-likeness (QED) is 0.677. The first kappa shape index (κ1) is 17.4. The highest BCUT2D eigenvalue weighted by Gasteiger charge is 2.27. The second-order valence-corrected chi connectivity index (χ2v) is 6.50. The van der Waals surface area contributed by atoms with Crippen molar-refractivity contribution in [2.45, 2.75) is 77.0 Å². The molecule has 4 N–H and O–H groups in total. The zero-order valence-corrected chi connectivity index (χ0v) is 13.6. The van der Waals surface area contributed by atoms with Crippen LogP contribution >= 0.6 is 0 Å². The fourth-order valence-electron chi connectivity index (χ4n) is 3.56. The van der Waals surface area contributed by atoms with Gasteiger partial charge in [-0.2, -0.15) is 0 Å². The van der Waals surface area contributed by atoms with Crippen molar-refractivity contribution < 1.29 is 10.2 Å². The van der Waals surface area contributed by atoms with E-state index in [-0.39, 0.29) is 13.2 Å². The van der Waals surface area contributed by atoms with Crippen molar-refractivity contribution in [3.8, 4) is 0 Å². The van der Waals surface area contributed by atoms with Gasteiger partial charge < -0.3 is 15.9 Å². The third kappa shape index (κ3) is 4.27. The molecule has 6 nitrogen and oxygen atoms in total. The van der Waals surface area contributed by atoms with Gasteiger partial charge in [0.05, 0.1) is 30.6 Å². The summed E-state index contributed by atoms with van der Waals surface area (Å²) in [4.78, 5) is 0. The van der Waals surface area contributed by atoms with Gasteiger partial charge in [-0.1, -0.05) is 31.4 Å². The molecule has 1 aliphatic rings. The SMILES string of the molecule is CCCCC1CCC(c2c(CN)nnn2CC(O)CO)CC1. The minimum atomic E-state index is -0.799. The van der Waals surface area contributed by atoms with E-state index in [4.69, 9.17) is 10.8 Å². The minimum absolute atomic E-state index is 0.263. The molecule has 6 heteroatoms. The third-order valence-electron chi connectivity index (χ3n) is 4.83. The van der Waals surface area contributed by atoms with E-state index < -0.39 is 6.10 Å². The Morgan fingerprint density at radius 1 is 1.32 bits per heavy atom. The van der Waals surface area contributed by atoms with E-state index in [1.54, 1.807) is 4.68 Å². The van der Waals surface area contributed by atoms with Crippen molar-refractivity contribution in [2.24, 2.45) is 11.7 Å². The lowest BCUT2D eigenvalue weighted by atomic mass is 9.78. The highest BCUT2D eigenvalue weighted by Crippen LogP contribution is 2.38. The molecule has 1 aromatic heterocycles. The average molecular weight is 310 g/mol. The van der Waals surface area contributed by atoms with E-state index in [2.05, 4.69) is 17.2 Å². The molecule has 0 amide bonds. The molecule has 1 heterocycles. The van der Waals surface area contributed by atoms with Crippen molar-refractivity contribution in [1.82, 2.24) is 15.0 Å². The Morgan fingerprint density at radius 3 is 2.64 bits per heavy atom. The molecule has 0 radical (unpaired) electrons. The molecular weight excluding hydrogens is 280 g/mol. The summed E-state index contributed by atoms with van der Waals surface area (Å²) >= 11 is 0. The summed E-state index contributed by atoms with van der Waals surface area (Å²) in [6, 6.07) is 0. The molecule has 1 unspecified atom stereocenters. The van der Waals surface area contributed by atoms with Crippen LogP contribution in [-0.4, -0.2) is 37.9 Å². The van der Waals surface area contributed by atoms with E-state index in [0.29, 0.717) is 12.5 Å². The molecule has 1 atom stereocenters. The van der Waals surface area contributed by atoms with Crippen LogP contribution in [-0.2, 0) is 13.1 Å². The van der Waals surface area contributed by atoms with Crippen molar-refractivity contribution in [1.29, 1.82) is 0 Å². The Kier molecular flexibility index (Phi) is 6.79. The summed E-state index contributed by atoms with van der Waals surface area (Å²) in [5.74, 6) is 1.28. The molecule has 126 valence electrons. The minimum Gasteiger partial charge on any atom is -0.394 e. The normalized spacial score (nSPS) is 23.6. The number of aliphatic hydroxyl groups excluding tert-OH is 2. The summed E-state index contributed by atoms with van der Waals surface area (Å²) in [5.41, 5.74) is 7.71. The summed E-state index contributed by atoms with van der Waals surface area (Å²) in [5, 5.41) is 27.0. The third-order valence-corrected chi connectivity index (χ3v) is 4.83. The van der Waals surface area contributed by atoms with Crippen molar-refractivity contribution in [3.05, 3.63) is 11.4 Å². The van der Waals surface area contributed by atoms with Gasteiger partial charge in [0.2, 0.25) is 0 Å². The van der Waals surface area contributed by atoms with Crippen LogP contribution in [0, 0.1) is 5.92 Å². The molecule has 1 saturated carbocycles. The predicted molar refractivity (Wildman–Crippen MR) is 85.2 cm³/mol. The topological polar surface area (TPSA) is 97.2 Å². The number of hydrogen-bond donors (Lipinski definition) is 3. The number of nitrogens with two attached hydrogens (primary N) is 1. The number of aliphatic hydroxyl groups is 2. The number of unbranched alkanes of at least 4 members (excludes halogenated alkanes) is 1. The molecule has 1 fully saturated rings. The molecule has 2 rings (SSSR count). The number of hydrogen-bond acceptors (Lipinski definition) is 5. The Morgan fingerprint density at radius 2 is 2.05 bits per heavy atom. The van der Waals surface area contributed by atoms with Crippen molar-refractivity contribution in [3.63, 3.8) is 0 Å². The van der Waals surface area contributed by atoms with Crippen molar-refractivity contribution >= 4 is 0 Å². The largest absolute Gasteiger partial charge is 0.394 e. The van der Waals surface area contributed by atoms with E-state index in [9.17, 15) is 5.11 Å². The van der Waals surface area contributed by atoms with Gasteiger partial charge in [0, 0.05) is 12.5 Å². The Bertz CT molecular complexity index is 441. The van der Waals surface area contributed by atoms with E-state index in [0.717, 1.165) is 30.1 Å². The maximum atomic E-state index is 9.69. The molecule has 1 aromatic rings. The second kappa shape index (κ2) is 8.60. The Balaban J connectivity index is 2.03. The first-order chi connectivity index (χ1) is 10.7. The highest BCUT2D eigenvalue weighted by atomic mass is 16.3. The van der Waals surface area contributed by atoms with E-state index >= 15 is 0 Å². The fraction of sp³-hybridized carbons (Fsp3) is 0.875.